The number of halogens is 2. The van der Waals surface area contributed by atoms with Crippen LogP contribution in [0.2, 0.25) is 0 Å². The van der Waals surface area contributed by atoms with Crippen molar-refractivity contribution in [1.29, 1.82) is 0 Å². The molecular formula is C14H14F2N2O. The molecule has 1 aromatic carbocycles. The van der Waals surface area contributed by atoms with Crippen molar-refractivity contribution in [2.75, 3.05) is 6.54 Å². The normalized spacial score (nSPS) is 10.5. The molecule has 0 aliphatic rings. The highest BCUT2D eigenvalue weighted by Crippen LogP contribution is 2.25. The predicted octanol–water partition coefficient (Wildman–Crippen LogP) is 3.26. The second kappa shape index (κ2) is 6.24. The molecule has 0 aliphatic heterocycles. The number of nitrogens with zero attached hydrogens (tertiary/aromatic N) is 1. The first kappa shape index (κ1) is 13.4. The summed E-state index contributed by atoms with van der Waals surface area (Å²) in [6.45, 7) is 3.03. The first-order valence-electron chi connectivity index (χ1n) is 5.99. The van der Waals surface area contributed by atoms with Gasteiger partial charge >= 0.3 is 0 Å². The van der Waals surface area contributed by atoms with E-state index in [1.165, 1.54) is 24.4 Å². The van der Waals surface area contributed by atoms with Gasteiger partial charge in [-0.3, -0.25) is 0 Å². The maximum atomic E-state index is 14.1. The fourth-order valence-corrected chi connectivity index (χ4v) is 1.56. The Balaban J connectivity index is 2.23. The minimum atomic E-state index is -0.577. The molecule has 0 unspecified atom stereocenters. The van der Waals surface area contributed by atoms with Crippen LogP contribution in [0.15, 0.2) is 36.5 Å². The zero-order valence-corrected chi connectivity index (χ0v) is 10.5. The van der Waals surface area contributed by atoms with E-state index < -0.39 is 11.6 Å². The van der Waals surface area contributed by atoms with E-state index in [1.807, 2.05) is 6.92 Å². The van der Waals surface area contributed by atoms with Crippen LogP contribution >= 0.6 is 0 Å². The molecule has 3 nitrogen and oxygen atoms in total. The van der Waals surface area contributed by atoms with Crippen LogP contribution in [0.1, 0.15) is 12.5 Å². The maximum absolute atomic E-state index is 14.1. The monoisotopic (exact) mass is 264 g/mol. The molecule has 100 valence electrons. The van der Waals surface area contributed by atoms with Crippen LogP contribution in [0.3, 0.4) is 0 Å². The van der Waals surface area contributed by atoms with E-state index in [4.69, 9.17) is 4.74 Å². The van der Waals surface area contributed by atoms with E-state index in [0.717, 1.165) is 6.54 Å². The Morgan fingerprint density at radius 1 is 1.21 bits per heavy atom. The van der Waals surface area contributed by atoms with Gasteiger partial charge in [0, 0.05) is 18.3 Å². The first-order valence-corrected chi connectivity index (χ1v) is 5.99. The summed E-state index contributed by atoms with van der Waals surface area (Å²) in [7, 11) is 0. The lowest BCUT2D eigenvalue weighted by atomic mass is 10.2. The molecule has 1 N–H and O–H groups in total. The molecule has 2 aromatic rings. The van der Waals surface area contributed by atoms with Crippen molar-refractivity contribution in [3.8, 4) is 11.6 Å². The molecule has 0 saturated carbocycles. The summed E-state index contributed by atoms with van der Waals surface area (Å²) < 4.78 is 32.7. The number of ether oxygens (including phenoxy) is 1. The highest BCUT2D eigenvalue weighted by atomic mass is 19.1. The molecule has 19 heavy (non-hydrogen) atoms. The van der Waals surface area contributed by atoms with E-state index in [-0.39, 0.29) is 11.6 Å². The molecule has 1 aromatic heterocycles. The van der Waals surface area contributed by atoms with Gasteiger partial charge in [-0.05, 0) is 24.7 Å². The van der Waals surface area contributed by atoms with Crippen LogP contribution in [-0.2, 0) is 6.54 Å². The molecule has 2 rings (SSSR count). The Morgan fingerprint density at radius 2 is 2.00 bits per heavy atom. The van der Waals surface area contributed by atoms with Gasteiger partial charge in [0.15, 0.2) is 17.4 Å². The molecule has 0 fully saturated rings. The third-order valence-electron chi connectivity index (χ3n) is 2.55. The van der Waals surface area contributed by atoms with Gasteiger partial charge in [-0.15, -0.1) is 0 Å². The molecule has 0 bridgehead atoms. The topological polar surface area (TPSA) is 34.2 Å². The van der Waals surface area contributed by atoms with E-state index in [9.17, 15) is 8.78 Å². The largest absolute Gasteiger partial charge is 0.433 e. The van der Waals surface area contributed by atoms with Crippen molar-refractivity contribution in [1.82, 2.24) is 10.3 Å². The standard InChI is InChI=1S/C14H14F2N2O/c1-2-17-9-10-7-8-18-14(13(10)16)19-12-6-4-3-5-11(12)15/h3-8,17H,2,9H2,1H3. The highest BCUT2D eigenvalue weighted by molar-refractivity contribution is 5.31. The van der Waals surface area contributed by atoms with E-state index in [2.05, 4.69) is 10.3 Å². The number of nitrogens with one attached hydrogen (secondary N) is 1. The second-order valence-electron chi connectivity index (χ2n) is 3.90. The average Bonchev–Trinajstić information content (AvgIpc) is 2.42. The molecule has 0 aliphatic carbocycles. The lowest BCUT2D eigenvalue weighted by Crippen LogP contribution is -2.13. The van der Waals surface area contributed by atoms with E-state index in [1.54, 1.807) is 12.1 Å². The Bertz CT molecular complexity index is 561. The molecule has 0 radical (unpaired) electrons. The molecule has 0 amide bonds. The maximum Gasteiger partial charge on any atom is 0.256 e. The summed E-state index contributed by atoms with van der Waals surface area (Å²) >= 11 is 0. The van der Waals surface area contributed by atoms with Gasteiger partial charge in [-0.1, -0.05) is 19.1 Å². The molecule has 0 saturated heterocycles. The van der Waals surface area contributed by atoms with Crippen LogP contribution in [0.4, 0.5) is 8.78 Å². The van der Waals surface area contributed by atoms with Crippen molar-refractivity contribution in [2.45, 2.75) is 13.5 Å². The Hall–Kier alpha value is -2.01. The summed E-state index contributed by atoms with van der Waals surface area (Å²) in [6.07, 6.45) is 1.44. The summed E-state index contributed by atoms with van der Waals surface area (Å²) in [5.41, 5.74) is 0.434. The van der Waals surface area contributed by atoms with Crippen LogP contribution in [0.5, 0.6) is 11.6 Å². The number of hydrogen-bond donors (Lipinski definition) is 1. The molecule has 0 spiro atoms. The second-order valence-corrected chi connectivity index (χ2v) is 3.90. The van der Waals surface area contributed by atoms with Gasteiger partial charge in [-0.2, -0.15) is 0 Å². The number of aromatic nitrogens is 1. The van der Waals surface area contributed by atoms with Gasteiger partial charge in [0.25, 0.3) is 5.88 Å². The lowest BCUT2D eigenvalue weighted by molar-refractivity contribution is 0.395. The van der Waals surface area contributed by atoms with Crippen molar-refractivity contribution in [3.63, 3.8) is 0 Å². The summed E-state index contributed by atoms with van der Waals surface area (Å²) in [5.74, 6) is -1.40. The summed E-state index contributed by atoms with van der Waals surface area (Å²) in [4.78, 5) is 3.79. The van der Waals surface area contributed by atoms with Crippen molar-refractivity contribution in [3.05, 3.63) is 53.7 Å². The van der Waals surface area contributed by atoms with Crippen molar-refractivity contribution in [2.24, 2.45) is 0 Å². The van der Waals surface area contributed by atoms with Gasteiger partial charge in [0.1, 0.15) is 0 Å². The Labute approximate surface area is 110 Å². The van der Waals surface area contributed by atoms with Crippen molar-refractivity contribution < 1.29 is 13.5 Å². The zero-order valence-electron chi connectivity index (χ0n) is 10.5. The number of pyridine rings is 1. The lowest BCUT2D eigenvalue weighted by Gasteiger charge is -2.09. The fraction of sp³-hybridized carbons (Fsp3) is 0.214. The number of benzene rings is 1. The average molecular weight is 264 g/mol. The predicted molar refractivity (Wildman–Crippen MR) is 68.0 cm³/mol. The molecule has 5 heteroatoms. The summed E-state index contributed by atoms with van der Waals surface area (Å²) in [6, 6.07) is 7.38. The van der Waals surface area contributed by atoms with Crippen LogP contribution in [-0.4, -0.2) is 11.5 Å². The zero-order chi connectivity index (χ0) is 13.7. The smallest absolute Gasteiger partial charge is 0.256 e. The van der Waals surface area contributed by atoms with Gasteiger partial charge in [0.2, 0.25) is 0 Å². The Kier molecular flexibility index (Phi) is 4.41. The van der Waals surface area contributed by atoms with Crippen LogP contribution in [0, 0.1) is 11.6 Å². The number of hydrogen-bond acceptors (Lipinski definition) is 3. The minimum Gasteiger partial charge on any atom is -0.433 e. The molecule has 0 atom stereocenters. The summed E-state index contributed by atoms with van der Waals surface area (Å²) in [5, 5.41) is 3.01. The van der Waals surface area contributed by atoms with Crippen molar-refractivity contribution >= 4 is 0 Å². The third-order valence-corrected chi connectivity index (χ3v) is 2.55. The van der Waals surface area contributed by atoms with Gasteiger partial charge < -0.3 is 10.1 Å². The van der Waals surface area contributed by atoms with Gasteiger partial charge in [-0.25, -0.2) is 13.8 Å². The van der Waals surface area contributed by atoms with Crippen LogP contribution < -0.4 is 10.1 Å². The SMILES string of the molecule is CCNCc1ccnc(Oc2ccccc2F)c1F. The third kappa shape index (κ3) is 3.26. The number of rotatable bonds is 5. The van der Waals surface area contributed by atoms with Gasteiger partial charge in [0.05, 0.1) is 0 Å². The minimum absolute atomic E-state index is 0.0468. The first-order chi connectivity index (χ1) is 9.22. The van der Waals surface area contributed by atoms with E-state index in [0.29, 0.717) is 12.1 Å². The quantitative estimate of drug-likeness (QED) is 0.900. The highest BCUT2D eigenvalue weighted by Gasteiger charge is 2.13. The molecule has 1 heterocycles. The van der Waals surface area contributed by atoms with E-state index >= 15 is 0 Å². The number of para-hydroxylation sites is 1. The molecular weight excluding hydrogens is 250 g/mol. The van der Waals surface area contributed by atoms with Crippen LogP contribution in [0.25, 0.3) is 0 Å². The fourth-order valence-electron chi connectivity index (χ4n) is 1.56. The Morgan fingerprint density at radius 3 is 2.74 bits per heavy atom.